The number of carbonyl (C=O) groups is 2. The third-order valence-electron chi connectivity index (χ3n) is 10.0. The number of anilines is 1. The second-order valence-electron chi connectivity index (χ2n) is 13.7. The maximum Gasteiger partial charge on any atom is 0.271 e. The number of nitrogens with one attached hydrogen (secondary N) is 2. The van der Waals surface area contributed by atoms with Crippen LogP contribution < -0.4 is 10.0 Å². The van der Waals surface area contributed by atoms with Gasteiger partial charge in [-0.2, -0.15) is 0 Å². The van der Waals surface area contributed by atoms with E-state index in [1.54, 1.807) is 73.0 Å². The van der Waals surface area contributed by atoms with E-state index < -0.39 is 16.1 Å². The van der Waals surface area contributed by atoms with Crippen LogP contribution in [0.3, 0.4) is 0 Å². The molecule has 0 radical (unpaired) electrons. The molecule has 1 saturated heterocycles. The quantitative estimate of drug-likeness (QED) is 0.138. The highest BCUT2D eigenvalue weighted by molar-refractivity contribution is 7.94. The number of hydrogen-bond acceptors (Lipinski definition) is 7. The van der Waals surface area contributed by atoms with Crippen LogP contribution >= 0.6 is 11.3 Å². The standard InChI is InChI=1S/C42H39N7O4S2/c1-29(36-16-6-7-17-37(36)45-55(52,53)40-19-10-24-54-40)43-41(50)32-14-9-15-33(25-32)42(51)47-22-20-35(21-23-47)49-28-34(44-46-49)27-48-38-18-8-5-13-31(38)26-39(48)30-11-3-2-4-12-30/h2-19,24-26,28-29,35,45H,20-23,27H2,1H3,(H,43,50). The number of piperidine rings is 1. The molecular weight excluding hydrogens is 731 g/mol. The average molecular weight is 770 g/mol. The fourth-order valence-electron chi connectivity index (χ4n) is 7.20. The lowest BCUT2D eigenvalue weighted by atomic mass is 10.0. The molecule has 2 amide bonds. The van der Waals surface area contributed by atoms with Crippen molar-refractivity contribution < 1.29 is 18.0 Å². The Labute approximate surface area is 323 Å². The van der Waals surface area contributed by atoms with Gasteiger partial charge in [-0.25, -0.2) is 13.1 Å². The van der Waals surface area contributed by atoms with Gasteiger partial charge in [0, 0.05) is 40.8 Å². The molecule has 278 valence electrons. The molecule has 11 nitrogen and oxygen atoms in total. The van der Waals surface area contributed by atoms with E-state index in [1.165, 1.54) is 5.39 Å². The summed E-state index contributed by atoms with van der Waals surface area (Å²) in [4.78, 5) is 28.9. The molecule has 1 unspecified atom stereocenters. The van der Waals surface area contributed by atoms with Gasteiger partial charge in [-0.05, 0) is 78.7 Å². The Hall–Kier alpha value is -6.05. The largest absolute Gasteiger partial charge is 0.345 e. The third kappa shape index (κ3) is 7.66. The number of fused-ring (bicyclic) bond motifs is 1. The summed E-state index contributed by atoms with van der Waals surface area (Å²) < 4.78 is 32.9. The molecule has 4 heterocycles. The van der Waals surface area contributed by atoms with Gasteiger partial charge >= 0.3 is 0 Å². The van der Waals surface area contributed by atoms with Gasteiger partial charge in [-0.1, -0.05) is 84.1 Å². The summed E-state index contributed by atoms with van der Waals surface area (Å²) in [6.45, 7) is 3.46. The number of thiophene rings is 1. The Balaban J connectivity index is 0.896. The first kappa shape index (κ1) is 36.0. The number of hydrogen-bond donors (Lipinski definition) is 2. The lowest BCUT2D eigenvalue weighted by Gasteiger charge is -2.32. The van der Waals surface area contributed by atoms with Gasteiger partial charge in [-0.3, -0.25) is 14.3 Å². The first-order valence-electron chi connectivity index (χ1n) is 18.1. The molecule has 1 aliphatic heterocycles. The van der Waals surface area contributed by atoms with Gasteiger partial charge in [0.25, 0.3) is 21.8 Å². The number of aromatic nitrogens is 4. The summed E-state index contributed by atoms with van der Waals surface area (Å²) in [6.07, 6.45) is 3.47. The fourth-order valence-corrected chi connectivity index (χ4v) is 9.28. The summed E-state index contributed by atoms with van der Waals surface area (Å²) in [7, 11) is -3.77. The Kier molecular flexibility index (Phi) is 10.0. The molecule has 3 aromatic heterocycles. The van der Waals surface area contributed by atoms with Crippen LogP contribution in [0, 0.1) is 0 Å². The van der Waals surface area contributed by atoms with Crippen LogP contribution in [0.15, 0.2) is 137 Å². The van der Waals surface area contributed by atoms with Crippen LogP contribution in [0.5, 0.6) is 0 Å². The molecule has 4 aromatic carbocycles. The monoisotopic (exact) mass is 769 g/mol. The molecule has 0 spiro atoms. The molecule has 0 saturated carbocycles. The van der Waals surface area contributed by atoms with Crippen LogP contribution in [-0.4, -0.2) is 57.8 Å². The van der Waals surface area contributed by atoms with E-state index >= 15 is 0 Å². The van der Waals surface area contributed by atoms with E-state index in [0.29, 0.717) is 42.0 Å². The molecule has 8 rings (SSSR count). The minimum absolute atomic E-state index is 0.108. The molecule has 1 atom stereocenters. The Bertz CT molecular complexity index is 2570. The van der Waals surface area contributed by atoms with Gasteiger partial charge < -0.3 is 14.8 Å². The highest BCUT2D eigenvalue weighted by Crippen LogP contribution is 2.30. The Morgan fingerprint density at radius 3 is 2.40 bits per heavy atom. The highest BCUT2D eigenvalue weighted by Gasteiger charge is 2.27. The maximum absolute atomic E-state index is 13.7. The Morgan fingerprint density at radius 2 is 1.60 bits per heavy atom. The maximum atomic E-state index is 13.7. The number of rotatable bonds is 11. The normalized spacial score (nSPS) is 14.2. The van der Waals surface area contributed by atoms with Gasteiger partial charge in [0.2, 0.25) is 0 Å². The number of likely N-dealkylation sites (tertiary alicyclic amines) is 1. The molecule has 1 aliphatic rings. The topological polar surface area (TPSA) is 131 Å². The predicted octanol–water partition coefficient (Wildman–Crippen LogP) is 7.78. The smallest absolute Gasteiger partial charge is 0.271 e. The van der Waals surface area contributed by atoms with Gasteiger partial charge in [0.15, 0.2) is 0 Å². The molecule has 2 N–H and O–H groups in total. The van der Waals surface area contributed by atoms with Crippen molar-refractivity contribution in [1.82, 2.24) is 29.8 Å². The van der Waals surface area contributed by atoms with E-state index in [9.17, 15) is 18.0 Å². The van der Waals surface area contributed by atoms with Crippen molar-refractivity contribution in [3.63, 3.8) is 0 Å². The van der Waals surface area contributed by atoms with Crippen molar-refractivity contribution in [2.24, 2.45) is 0 Å². The molecule has 13 heteroatoms. The minimum atomic E-state index is -3.77. The van der Waals surface area contributed by atoms with E-state index in [1.807, 2.05) is 34.0 Å². The predicted molar refractivity (Wildman–Crippen MR) is 215 cm³/mol. The molecule has 1 fully saturated rings. The zero-order chi connectivity index (χ0) is 37.9. The number of para-hydroxylation sites is 2. The summed E-state index contributed by atoms with van der Waals surface area (Å²) in [5, 5.41) is 14.9. The zero-order valence-corrected chi connectivity index (χ0v) is 31.7. The molecular formula is C42H39N7O4S2. The first-order chi connectivity index (χ1) is 26.7. The van der Waals surface area contributed by atoms with Crippen LogP contribution in [0.2, 0.25) is 0 Å². The van der Waals surface area contributed by atoms with Crippen LogP contribution in [0.1, 0.15) is 63.8 Å². The molecule has 55 heavy (non-hydrogen) atoms. The Morgan fingerprint density at radius 1 is 0.855 bits per heavy atom. The summed E-state index contributed by atoms with van der Waals surface area (Å²) >= 11 is 1.13. The lowest BCUT2D eigenvalue weighted by Crippen LogP contribution is -2.39. The van der Waals surface area contributed by atoms with Crippen molar-refractivity contribution >= 4 is 49.8 Å². The second-order valence-corrected chi connectivity index (χ2v) is 16.5. The van der Waals surface area contributed by atoms with E-state index in [0.717, 1.165) is 46.6 Å². The van der Waals surface area contributed by atoms with E-state index in [4.69, 9.17) is 0 Å². The van der Waals surface area contributed by atoms with E-state index in [2.05, 4.69) is 67.4 Å². The fraction of sp³-hybridized carbons (Fsp3) is 0.190. The minimum Gasteiger partial charge on any atom is -0.345 e. The molecule has 7 aromatic rings. The summed E-state index contributed by atoms with van der Waals surface area (Å²) in [5.74, 6) is -0.510. The summed E-state index contributed by atoms with van der Waals surface area (Å²) in [6, 6.07) is 37.4. The van der Waals surface area contributed by atoms with Crippen molar-refractivity contribution in [3.8, 4) is 11.3 Å². The van der Waals surface area contributed by atoms with Gasteiger partial charge in [-0.15, -0.1) is 16.4 Å². The number of nitrogens with zero attached hydrogens (tertiary/aromatic N) is 5. The SMILES string of the molecule is CC(NC(=O)c1cccc(C(=O)N2CCC(n3cc(Cn4c(-c5ccccc5)cc5ccccc54)nn3)CC2)c1)c1ccccc1NS(=O)(=O)c1cccs1. The third-order valence-corrected chi connectivity index (χ3v) is 12.8. The van der Waals surface area contributed by atoms with E-state index in [-0.39, 0.29) is 22.1 Å². The van der Waals surface area contributed by atoms with Crippen LogP contribution in [-0.2, 0) is 16.6 Å². The summed E-state index contributed by atoms with van der Waals surface area (Å²) in [5.41, 5.74) is 6.03. The van der Waals surface area contributed by atoms with Crippen LogP contribution in [0.25, 0.3) is 22.2 Å². The highest BCUT2D eigenvalue weighted by atomic mass is 32.2. The molecule has 0 aliphatic carbocycles. The first-order valence-corrected chi connectivity index (χ1v) is 20.5. The van der Waals surface area contributed by atoms with Crippen LogP contribution in [0.4, 0.5) is 5.69 Å². The van der Waals surface area contributed by atoms with Crippen molar-refractivity contribution in [3.05, 3.63) is 155 Å². The lowest BCUT2D eigenvalue weighted by molar-refractivity contribution is 0.0689. The van der Waals surface area contributed by atoms with Crippen molar-refractivity contribution in [2.45, 2.75) is 42.6 Å². The second kappa shape index (κ2) is 15.4. The number of benzene rings is 4. The van der Waals surface area contributed by atoms with Crippen molar-refractivity contribution in [2.75, 3.05) is 17.8 Å². The number of amides is 2. The van der Waals surface area contributed by atoms with Gasteiger partial charge in [0.1, 0.15) is 9.90 Å². The van der Waals surface area contributed by atoms with Crippen molar-refractivity contribution in [1.29, 1.82) is 0 Å². The number of carbonyl (C=O) groups excluding carboxylic acids is 2. The van der Waals surface area contributed by atoms with Gasteiger partial charge in [0.05, 0.1) is 30.5 Å². The molecule has 0 bridgehead atoms. The average Bonchev–Trinajstić information content (AvgIpc) is 4.00. The number of sulfonamides is 1. The zero-order valence-electron chi connectivity index (χ0n) is 30.1.